The topological polar surface area (TPSA) is 20.2 Å². The summed E-state index contributed by atoms with van der Waals surface area (Å²) < 4.78 is 0. The minimum absolute atomic E-state index is 0.0670. The first-order valence-corrected chi connectivity index (χ1v) is 13.6. The first-order chi connectivity index (χ1) is 14.5. The molecule has 0 spiro atoms. The molecule has 1 heteroatoms. The predicted octanol–water partition coefficient (Wildman–Crippen LogP) is 8.05. The maximum atomic E-state index is 10.5. The van der Waals surface area contributed by atoms with Crippen LogP contribution in [0.15, 0.2) is 23.3 Å². The normalized spacial score (nSPS) is 47.3. The van der Waals surface area contributed by atoms with Crippen molar-refractivity contribution in [2.24, 2.45) is 58.2 Å². The van der Waals surface area contributed by atoms with Crippen molar-refractivity contribution in [1.82, 2.24) is 0 Å². The second-order valence-corrected chi connectivity index (χ2v) is 13.1. The molecule has 0 saturated heterocycles. The van der Waals surface area contributed by atoms with E-state index in [2.05, 4.69) is 67.5 Å². The van der Waals surface area contributed by atoms with Gasteiger partial charge in [0, 0.05) is 0 Å². The maximum absolute atomic E-state index is 10.5. The van der Waals surface area contributed by atoms with Crippen molar-refractivity contribution in [3.8, 4) is 0 Å². The molecule has 4 aliphatic carbocycles. The quantitative estimate of drug-likeness (QED) is 0.451. The minimum Gasteiger partial charge on any atom is -0.393 e. The first kappa shape index (κ1) is 23.6. The van der Waals surface area contributed by atoms with Crippen molar-refractivity contribution in [2.75, 3.05) is 0 Å². The van der Waals surface area contributed by atoms with E-state index >= 15 is 0 Å². The fraction of sp³-hybridized carbons (Fsp3) is 0.867. The van der Waals surface area contributed by atoms with Crippen LogP contribution in [-0.2, 0) is 0 Å². The van der Waals surface area contributed by atoms with Gasteiger partial charge in [-0.15, -0.1) is 0 Å². The number of aliphatic hydroxyl groups excluding tert-OH is 1. The molecular weight excluding hydrogens is 376 g/mol. The molecule has 3 saturated carbocycles. The van der Waals surface area contributed by atoms with Crippen LogP contribution in [0.3, 0.4) is 0 Å². The molecule has 176 valence electrons. The van der Waals surface area contributed by atoms with Crippen LogP contribution >= 0.6 is 0 Å². The molecule has 0 aliphatic heterocycles. The summed E-state index contributed by atoms with van der Waals surface area (Å²) in [6.07, 6.45) is 14.3. The van der Waals surface area contributed by atoms with Crippen LogP contribution < -0.4 is 0 Å². The monoisotopic (exact) mass is 426 g/mol. The summed E-state index contributed by atoms with van der Waals surface area (Å²) in [5.74, 6) is 5.68. The Morgan fingerprint density at radius 3 is 2.42 bits per heavy atom. The second kappa shape index (κ2) is 8.34. The largest absolute Gasteiger partial charge is 0.393 e. The SMILES string of the molecule is C/C(=C\[C@@H](C)[C@H]1CC=C2[C@@H]3CC[C@H]4[C@H](C)[C@@H](O)CC[C@]4(C)[C@H]3CC[C@@]21C)[C@H](C)C(C)C. The number of hydrogen-bond acceptors (Lipinski definition) is 1. The highest BCUT2D eigenvalue weighted by Crippen LogP contribution is 2.67. The Labute approximate surface area is 193 Å². The van der Waals surface area contributed by atoms with Gasteiger partial charge in [-0.25, -0.2) is 0 Å². The van der Waals surface area contributed by atoms with E-state index in [0.29, 0.717) is 28.6 Å². The van der Waals surface area contributed by atoms with Gasteiger partial charge in [0.05, 0.1) is 6.10 Å². The Morgan fingerprint density at radius 1 is 1.03 bits per heavy atom. The number of aliphatic hydroxyl groups is 1. The van der Waals surface area contributed by atoms with Crippen molar-refractivity contribution in [2.45, 2.75) is 106 Å². The van der Waals surface area contributed by atoms with E-state index in [1.807, 2.05) is 5.57 Å². The average molecular weight is 427 g/mol. The third kappa shape index (κ3) is 3.70. The van der Waals surface area contributed by atoms with E-state index in [-0.39, 0.29) is 6.10 Å². The summed E-state index contributed by atoms with van der Waals surface area (Å²) in [6, 6.07) is 0. The molecule has 0 heterocycles. The van der Waals surface area contributed by atoms with Gasteiger partial charge in [-0.1, -0.05) is 71.8 Å². The third-order valence-electron chi connectivity index (χ3n) is 11.5. The highest BCUT2D eigenvalue weighted by atomic mass is 16.3. The molecule has 1 nitrogen and oxygen atoms in total. The highest BCUT2D eigenvalue weighted by Gasteiger charge is 2.59. The van der Waals surface area contributed by atoms with Gasteiger partial charge in [0.1, 0.15) is 0 Å². The first-order valence-electron chi connectivity index (χ1n) is 13.6. The van der Waals surface area contributed by atoms with Crippen LogP contribution in [0.1, 0.15) is 100 Å². The summed E-state index contributed by atoms with van der Waals surface area (Å²) in [4.78, 5) is 0. The predicted molar refractivity (Wildman–Crippen MR) is 133 cm³/mol. The number of hydrogen-bond donors (Lipinski definition) is 1. The van der Waals surface area contributed by atoms with Crippen molar-refractivity contribution >= 4 is 0 Å². The zero-order valence-electron chi connectivity index (χ0n) is 21.7. The van der Waals surface area contributed by atoms with Crippen molar-refractivity contribution in [3.05, 3.63) is 23.3 Å². The molecule has 3 fully saturated rings. The maximum Gasteiger partial charge on any atom is 0.0568 e. The summed E-state index contributed by atoms with van der Waals surface area (Å²) in [5.41, 5.74) is 4.29. The number of rotatable bonds is 4. The zero-order chi connectivity index (χ0) is 22.7. The lowest BCUT2D eigenvalue weighted by Crippen LogP contribution is -2.54. The van der Waals surface area contributed by atoms with E-state index in [1.165, 1.54) is 38.5 Å². The number of fused-ring (bicyclic) bond motifs is 5. The van der Waals surface area contributed by atoms with Crippen LogP contribution in [0.25, 0.3) is 0 Å². The standard InChI is InChI=1S/C30H50O/c1-18(2)21(5)19(3)17-20(4)24-11-12-26-23-9-10-25-22(6)28(31)14-16-30(25,8)27(23)13-15-29(24,26)7/h12,17-18,20-25,27-28,31H,9-11,13-16H2,1-8H3/b19-17+/t20-,21-,22+,23+,24-,25+,27+,28+,29-,30+/m1/s1. The van der Waals surface area contributed by atoms with Crippen molar-refractivity contribution in [1.29, 1.82) is 0 Å². The Bertz CT molecular complexity index is 731. The molecule has 0 aromatic carbocycles. The summed E-state index contributed by atoms with van der Waals surface area (Å²) in [6.45, 7) is 19.5. The van der Waals surface area contributed by atoms with E-state index in [0.717, 1.165) is 36.0 Å². The Balaban J connectivity index is 1.55. The molecule has 0 aromatic rings. The summed E-state index contributed by atoms with van der Waals surface area (Å²) in [7, 11) is 0. The summed E-state index contributed by atoms with van der Waals surface area (Å²) >= 11 is 0. The molecule has 0 unspecified atom stereocenters. The van der Waals surface area contributed by atoms with Crippen LogP contribution in [0.2, 0.25) is 0 Å². The van der Waals surface area contributed by atoms with Gasteiger partial charge in [0.2, 0.25) is 0 Å². The van der Waals surface area contributed by atoms with E-state index < -0.39 is 0 Å². The smallest absolute Gasteiger partial charge is 0.0568 e. The highest BCUT2D eigenvalue weighted by molar-refractivity contribution is 5.31. The Hall–Kier alpha value is -0.560. The van der Waals surface area contributed by atoms with Crippen molar-refractivity contribution in [3.63, 3.8) is 0 Å². The third-order valence-corrected chi connectivity index (χ3v) is 11.5. The molecule has 0 aromatic heterocycles. The van der Waals surface area contributed by atoms with Crippen LogP contribution in [-0.4, -0.2) is 11.2 Å². The van der Waals surface area contributed by atoms with Gasteiger partial charge in [0.15, 0.2) is 0 Å². The molecule has 31 heavy (non-hydrogen) atoms. The Kier molecular flexibility index (Phi) is 6.35. The van der Waals surface area contributed by atoms with Gasteiger partial charge >= 0.3 is 0 Å². The van der Waals surface area contributed by atoms with Gasteiger partial charge in [0.25, 0.3) is 0 Å². The molecule has 4 rings (SSSR count). The van der Waals surface area contributed by atoms with Gasteiger partial charge in [-0.3, -0.25) is 0 Å². The van der Waals surface area contributed by atoms with Gasteiger partial charge in [-0.2, -0.15) is 0 Å². The lowest BCUT2D eigenvalue weighted by atomic mass is 9.44. The lowest BCUT2D eigenvalue weighted by Gasteiger charge is -2.61. The van der Waals surface area contributed by atoms with Gasteiger partial charge in [-0.05, 0) is 110 Å². The van der Waals surface area contributed by atoms with Gasteiger partial charge < -0.3 is 5.11 Å². The molecule has 0 amide bonds. The minimum atomic E-state index is -0.0670. The second-order valence-electron chi connectivity index (χ2n) is 13.1. The molecule has 4 aliphatic rings. The van der Waals surface area contributed by atoms with E-state index in [9.17, 15) is 5.11 Å². The zero-order valence-corrected chi connectivity index (χ0v) is 21.7. The van der Waals surface area contributed by atoms with E-state index in [4.69, 9.17) is 0 Å². The average Bonchev–Trinajstić information content (AvgIpc) is 3.07. The lowest BCUT2D eigenvalue weighted by molar-refractivity contribution is -0.115. The van der Waals surface area contributed by atoms with Crippen molar-refractivity contribution < 1.29 is 5.11 Å². The van der Waals surface area contributed by atoms with Crippen LogP contribution in [0.5, 0.6) is 0 Å². The fourth-order valence-electron chi connectivity index (χ4n) is 9.08. The van der Waals surface area contributed by atoms with Crippen LogP contribution in [0, 0.1) is 58.2 Å². The summed E-state index contributed by atoms with van der Waals surface area (Å²) in [5, 5.41) is 10.5. The van der Waals surface area contributed by atoms with E-state index in [1.54, 1.807) is 5.57 Å². The molecule has 1 N–H and O–H groups in total. The molecule has 0 bridgehead atoms. The Morgan fingerprint density at radius 2 is 1.74 bits per heavy atom. The van der Waals surface area contributed by atoms with Crippen LogP contribution in [0.4, 0.5) is 0 Å². The number of allylic oxidation sites excluding steroid dienone is 4. The molecule has 10 atom stereocenters. The molecule has 0 radical (unpaired) electrons. The molecular formula is C30H50O. The fourth-order valence-corrected chi connectivity index (χ4v) is 9.08.